The van der Waals surface area contributed by atoms with Gasteiger partial charge in [-0.3, -0.25) is 9.59 Å². The maximum Gasteiger partial charge on any atom is 0.407 e. The van der Waals surface area contributed by atoms with E-state index >= 15 is 0 Å². The number of amides is 4. The lowest BCUT2D eigenvalue weighted by Crippen LogP contribution is -2.51. The number of rotatable bonds is 9. The minimum Gasteiger partial charge on any atom is -0.457 e. The average molecular weight is 739 g/mol. The van der Waals surface area contributed by atoms with Crippen LogP contribution in [0.3, 0.4) is 0 Å². The Morgan fingerprint density at radius 2 is 1.26 bits per heavy atom. The Kier molecular flexibility index (Phi) is 10.3. The molecule has 54 heavy (non-hydrogen) atoms. The van der Waals surface area contributed by atoms with Crippen LogP contribution in [0.15, 0.2) is 48.8 Å². The summed E-state index contributed by atoms with van der Waals surface area (Å²) in [5.41, 5.74) is 5.61. The molecule has 4 atom stereocenters. The molecule has 4 aromatic rings. The minimum absolute atomic E-state index is 0.117. The number of H-pyrrole nitrogens is 2. The molecule has 7 rings (SSSR count). The highest BCUT2D eigenvalue weighted by atomic mass is 16.5. The lowest BCUT2D eigenvalue weighted by molar-refractivity contribution is -0.135. The fourth-order valence-electron chi connectivity index (χ4n) is 7.65. The van der Waals surface area contributed by atoms with Gasteiger partial charge < -0.3 is 44.6 Å². The van der Waals surface area contributed by atoms with Crippen LogP contribution in [-0.2, 0) is 25.5 Å². The van der Waals surface area contributed by atoms with Crippen molar-refractivity contribution in [3.63, 3.8) is 0 Å². The molecule has 4 N–H and O–H groups in total. The molecule has 2 aromatic heterocycles. The molecule has 3 aliphatic heterocycles. The number of benzene rings is 2. The number of ether oxygens (including phenoxy) is 3. The molecule has 0 saturated carbocycles. The standard InChI is InChI=1S/C39H46N8O7/c1-21(2)33(45-39(51)53-5)37(49)47-15-7-9-30(47)35-41-20-28(44-35)24-11-13-32-26(17-24)18-25-16-23(10-12-31(25)54-32)27-19-40-34(43-27)29-8-6-14-46(29)36(48)22(3)42-38(50)52-4/h10-13,16-17,19-22,29-30,33H,6-9,14-15,18H2,1-5H3,(H,40,43)(H,41,44)(H,42,50)(H,45,51)/t22-,29-,30-,33?/m0/s1. The fraction of sp³-hybridized carbons (Fsp3) is 0.436. The molecule has 284 valence electrons. The second kappa shape index (κ2) is 15.2. The van der Waals surface area contributed by atoms with Crippen molar-refractivity contribution in [2.24, 2.45) is 5.92 Å². The lowest BCUT2D eigenvalue weighted by atomic mass is 9.96. The summed E-state index contributed by atoms with van der Waals surface area (Å²) in [6.07, 6.45) is 6.16. The molecule has 0 aliphatic carbocycles. The number of carbonyl (C=O) groups excluding carboxylic acids is 4. The summed E-state index contributed by atoms with van der Waals surface area (Å²) in [4.78, 5) is 70.3. The molecule has 15 heteroatoms. The highest BCUT2D eigenvalue weighted by Gasteiger charge is 2.38. The van der Waals surface area contributed by atoms with Gasteiger partial charge in [0.15, 0.2) is 0 Å². The summed E-state index contributed by atoms with van der Waals surface area (Å²) in [5.74, 6) is 2.53. The summed E-state index contributed by atoms with van der Waals surface area (Å²) < 4.78 is 15.8. The van der Waals surface area contributed by atoms with Gasteiger partial charge in [-0.25, -0.2) is 19.6 Å². The van der Waals surface area contributed by atoms with Gasteiger partial charge in [0.2, 0.25) is 11.8 Å². The topological polar surface area (TPSA) is 184 Å². The molecule has 0 spiro atoms. The van der Waals surface area contributed by atoms with Crippen LogP contribution >= 0.6 is 0 Å². The third-order valence-electron chi connectivity index (χ3n) is 10.5. The van der Waals surface area contributed by atoms with Crippen LogP contribution in [0.2, 0.25) is 0 Å². The minimum atomic E-state index is -0.721. The number of hydrogen-bond donors (Lipinski definition) is 4. The van der Waals surface area contributed by atoms with Crippen molar-refractivity contribution in [3.8, 4) is 34.0 Å². The van der Waals surface area contributed by atoms with Crippen molar-refractivity contribution >= 4 is 24.0 Å². The van der Waals surface area contributed by atoms with Crippen LogP contribution in [0.4, 0.5) is 9.59 Å². The van der Waals surface area contributed by atoms with E-state index in [0.29, 0.717) is 31.2 Å². The highest BCUT2D eigenvalue weighted by Crippen LogP contribution is 2.41. The van der Waals surface area contributed by atoms with Gasteiger partial charge in [-0.2, -0.15) is 0 Å². The second-order valence-electron chi connectivity index (χ2n) is 14.4. The number of nitrogens with zero attached hydrogens (tertiary/aromatic N) is 4. The first-order chi connectivity index (χ1) is 26.0. The predicted octanol–water partition coefficient (Wildman–Crippen LogP) is 5.62. The number of nitrogens with one attached hydrogen (secondary N) is 4. The first-order valence-electron chi connectivity index (χ1n) is 18.4. The van der Waals surface area contributed by atoms with E-state index in [1.54, 1.807) is 29.1 Å². The Labute approximate surface area is 313 Å². The number of methoxy groups -OCH3 is 2. The fourth-order valence-corrected chi connectivity index (χ4v) is 7.65. The zero-order valence-corrected chi connectivity index (χ0v) is 31.1. The third-order valence-corrected chi connectivity index (χ3v) is 10.5. The summed E-state index contributed by atoms with van der Waals surface area (Å²) in [5, 5.41) is 5.26. The first-order valence-corrected chi connectivity index (χ1v) is 18.4. The smallest absolute Gasteiger partial charge is 0.407 e. The third kappa shape index (κ3) is 7.22. The number of imidazole rings is 2. The van der Waals surface area contributed by atoms with Crippen LogP contribution < -0.4 is 15.4 Å². The maximum absolute atomic E-state index is 13.6. The Balaban J connectivity index is 1.05. The van der Waals surface area contributed by atoms with Crippen LogP contribution in [0.25, 0.3) is 22.5 Å². The molecule has 15 nitrogen and oxygen atoms in total. The Morgan fingerprint density at radius 3 is 1.76 bits per heavy atom. The Bertz CT molecular complexity index is 2060. The van der Waals surface area contributed by atoms with E-state index in [1.165, 1.54) is 14.2 Å². The van der Waals surface area contributed by atoms with Crippen molar-refractivity contribution in [1.82, 2.24) is 40.4 Å². The molecular formula is C39H46N8O7. The van der Waals surface area contributed by atoms with Crippen LogP contribution in [-0.4, -0.2) is 93.1 Å². The number of likely N-dealkylation sites (tertiary alicyclic amines) is 2. The van der Waals surface area contributed by atoms with Crippen molar-refractivity contribution in [1.29, 1.82) is 0 Å². The van der Waals surface area contributed by atoms with Gasteiger partial charge in [-0.15, -0.1) is 0 Å². The van der Waals surface area contributed by atoms with Gasteiger partial charge in [-0.1, -0.05) is 13.8 Å². The van der Waals surface area contributed by atoms with Crippen molar-refractivity contribution in [3.05, 3.63) is 71.6 Å². The molecule has 4 amide bonds. The number of fused-ring (bicyclic) bond motifs is 2. The van der Waals surface area contributed by atoms with Gasteiger partial charge in [0.1, 0.15) is 35.2 Å². The lowest BCUT2D eigenvalue weighted by Gasteiger charge is -2.30. The predicted molar refractivity (Wildman–Crippen MR) is 197 cm³/mol. The SMILES string of the molecule is COC(=O)NC(C(=O)N1CCC[C@H]1c1ncc(-c2ccc3c(c2)Cc2cc(-c4cnc([C@@H]5CCCN5C(=O)[C@H](C)NC(=O)OC)[nH]4)ccc2O3)[nH]1)C(C)C. The van der Waals surface area contributed by atoms with Crippen LogP contribution in [0.1, 0.15) is 81.3 Å². The van der Waals surface area contributed by atoms with Gasteiger partial charge in [-0.05, 0) is 86.1 Å². The van der Waals surface area contributed by atoms with E-state index < -0.39 is 24.3 Å². The van der Waals surface area contributed by atoms with Gasteiger partial charge in [0.25, 0.3) is 0 Å². The van der Waals surface area contributed by atoms with Crippen molar-refractivity contribution in [2.75, 3.05) is 27.3 Å². The van der Waals surface area contributed by atoms with E-state index in [9.17, 15) is 19.2 Å². The quantitative estimate of drug-likeness (QED) is 0.149. The molecule has 2 aromatic carbocycles. The number of aromatic amines is 2. The Hall–Kier alpha value is -5.86. The highest BCUT2D eigenvalue weighted by molar-refractivity contribution is 5.87. The summed E-state index contributed by atoms with van der Waals surface area (Å²) in [7, 11) is 2.55. The summed E-state index contributed by atoms with van der Waals surface area (Å²) in [6, 6.07) is 10.3. The van der Waals surface area contributed by atoms with Gasteiger partial charge in [0.05, 0.1) is 50.1 Å². The molecule has 3 aliphatic rings. The number of aromatic nitrogens is 4. The first kappa shape index (κ1) is 36.5. The van der Waals surface area contributed by atoms with Crippen molar-refractivity contribution in [2.45, 2.75) is 77.0 Å². The molecule has 0 radical (unpaired) electrons. The number of carbonyl (C=O) groups is 4. The maximum atomic E-state index is 13.6. The Morgan fingerprint density at radius 1 is 0.759 bits per heavy atom. The van der Waals surface area contributed by atoms with Crippen LogP contribution in [0, 0.1) is 5.92 Å². The van der Waals surface area contributed by atoms with E-state index in [2.05, 4.69) is 42.5 Å². The van der Waals surface area contributed by atoms with E-state index in [4.69, 9.17) is 14.5 Å². The zero-order valence-electron chi connectivity index (χ0n) is 31.1. The summed E-state index contributed by atoms with van der Waals surface area (Å²) >= 11 is 0. The van der Waals surface area contributed by atoms with E-state index in [0.717, 1.165) is 70.8 Å². The van der Waals surface area contributed by atoms with E-state index in [1.807, 2.05) is 38.1 Å². The van der Waals surface area contributed by atoms with Crippen LogP contribution in [0.5, 0.6) is 11.5 Å². The molecule has 1 unspecified atom stereocenters. The van der Waals surface area contributed by atoms with Crippen molar-refractivity contribution < 1.29 is 33.4 Å². The van der Waals surface area contributed by atoms with Gasteiger partial charge in [0, 0.05) is 30.6 Å². The zero-order chi connectivity index (χ0) is 38.1. The monoisotopic (exact) mass is 738 g/mol. The molecule has 2 fully saturated rings. The largest absolute Gasteiger partial charge is 0.457 e. The molecule has 0 bridgehead atoms. The van der Waals surface area contributed by atoms with Gasteiger partial charge >= 0.3 is 12.2 Å². The summed E-state index contributed by atoms with van der Waals surface area (Å²) in [6.45, 7) is 6.60. The molecular weight excluding hydrogens is 692 g/mol. The second-order valence-corrected chi connectivity index (χ2v) is 14.4. The number of hydrogen-bond acceptors (Lipinski definition) is 9. The molecule has 2 saturated heterocycles. The number of alkyl carbamates (subject to hydrolysis) is 2. The molecule has 5 heterocycles. The van der Waals surface area contributed by atoms with E-state index in [-0.39, 0.29) is 29.8 Å². The average Bonchev–Trinajstić information content (AvgIpc) is 4.01. The normalized spacial score (nSPS) is 18.7.